The number of pyridine rings is 2. The van der Waals surface area contributed by atoms with E-state index < -0.39 is 11.4 Å². The van der Waals surface area contributed by atoms with E-state index in [-0.39, 0.29) is 11.5 Å². The van der Waals surface area contributed by atoms with Crippen LogP contribution in [0.25, 0.3) is 33.0 Å². The molecule has 0 aliphatic carbocycles. The highest BCUT2D eigenvalue weighted by molar-refractivity contribution is 6.08. The van der Waals surface area contributed by atoms with Crippen molar-refractivity contribution in [1.82, 2.24) is 24.5 Å². The molecule has 0 bridgehead atoms. The fourth-order valence-corrected chi connectivity index (χ4v) is 4.59. The van der Waals surface area contributed by atoms with Crippen LogP contribution in [0.5, 0.6) is 0 Å². The lowest BCUT2D eigenvalue weighted by Gasteiger charge is -2.26. The highest BCUT2D eigenvalue weighted by atomic mass is 19.1. The van der Waals surface area contributed by atoms with Gasteiger partial charge in [0.1, 0.15) is 11.3 Å². The maximum absolute atomic E-state index is 13.7. The van der Waals surface area contributed by atoms with Crippen LogP contribution in [0.15, 0.2) is 90.1 Å². The van der Waals surface area contributed by atoms with Gasteiger partial charge in [-0.25, -0.2) is 8.91 Å². The number of carbonyl (C=O) groups is 1. The third-order valence-electron chi connectivity index (χ3n) is 6.51. The molecule has 0 spiro atoms. The standard InChI is InChI=1S/C28H22FN5O2/c1-28(2,18-6-4-3-5-7-18)31-26(35)17-10-12-33(16-17)20-11-13-34-23(15-20)24-25(32-34)21-9-8-19(29)14-22(21)30-27(24)36/h3-16H,1-2H3,(H,30,36)(H,31,35). The summed E-state index contributed by atoms with van der Waals surface area (Å²) < 4.78 is 17.1. The van der Waals surface area contributed by atoms with Crippen LogP contribution >= 0.6 is 0 Å². The third-order valence-corrected chi connectivity index (χ3v) is 6.51. The molecule has 178 valence electrons. The quantitative estimate of drug-likeness (QED) is 0.376. The van der Waals surface area contributed by atoms with Crippen molar-refractivity contribution in [3.8, 4) is 5.69 Å². The summed E-state index contributed by atoms with van der Waals surface area (Å²) in [7, 11) is 0. The van der Waals surface area contributed by atoms with Gasteiger partial charge in [0, 0.05) is 29.7 Å². The molecule has 0 saturated heterocycles. The first-order chi connectivity index (χ1) is 17.3. The van der Waals surface area contributed by atoms with Crippen molar-refractivity contribution in [1.29, 1.82) is 0 Å². The Bertz CT molecular complexity index is 1850. The third kappa shape index (κ3) is 3.54. The molecule has 0 fully saturated rings. The second-order valence-corrected chi connectivity index (χ2v) is 9.33. The molecule has 4 aromatic heterocycles. The number of aromatic amines is 1. The SMILES string of the molecule is CC(C)(NC(=O)c1ccn(-c2ccn3nc4c5ccc(F)cc5[nH]c(=O)c4c3c2)c1)c1ccccc1. The number of halogens is 1. The fourth-order valence-electron chi connectivity index (χ4n) is 4.59. The molecule has 0 radical (unpaired) electrons. The molecule has 2 aromatic carbocycles. The van der Waals surface area contributed by atoms with Gasteiger partial charge in [0.25, 0.3) is 11.5 Å². The minimum atomic E-state index is -0.539. The molecule has 6 aromatic rings. The summed E-state index contributed by atoms with van der Waals surface area (Å²) in [6, 6.07) is 19.5. The molecule has 4 heterocycles. The molecule has 7 nitrogen and oxygen atoms in total. The van der Waals surface area contributed by atoms with Crippen molar-refractivity contribution in [2.24, 2.45) is 0 Å². The number of benzene rings is 2. The van der Waals surface area contributed by atoms with Gasteiger partial charge in [-0.15, -0.1) is 0 Å². The number of hydrogen-bond donors (Lipinski definition) is 2. The van der Waals surface area contributed by atoms with Crippen molar-refractivity contribution in [2.45, 2.75) is 19.4 Å². The first-order valence-corrected chi connectivity index (χ1v) is 11.5. The predicted octanol–water partition coefficient (Wildman–Crippen LogP) is 4.92. The van der Waals surface area contributed by atoms with Gasteiger partial charge in [-0.05, 0) is 55.8 Å². The van der Waals surface area contributed by atoms with Gasteiger partial charge in [0.2, 0.25) is 0 Å². The van der Waals surface area contributed by atoms with Gasteiger partial charge in [-0.3, -0.25) is 9.59 Å². The van der Waals surface area contributed by atoms with Crippen molar-refractivity contribution in [2.75, 3.05) is 0 Å². The Morgan fingerprint density at radius 1 is 1.03 bits per heavy atom. The average Bonchev–Trinajstić information content (AvgIpc) is 3.50. The van der Waals surface area contributed by atoms with Gasteiger partial charge in [-0.2, -0.15) is 5.10 Å². The highest BCUT2D eigenvalue weighted by Gasteiger charge is 2.23. The van der Waals surface area contributed by atoms with E-state index in [0.29, 0.717) is 32.9 Å². The zero-order chi connectivity index (χ0) is 25.0. The Kier molecular flexibility index (Phi) is 4.79. The highest BCUT2D eigenvalue weighted by Crippen LogP contribution is 2.26. The first kappa shape index (κ1) is 21.8. The van der Waals surface area contributed by atoms with Crippen molar-refractivity contribution < 1.29 is 9.18 Å². The van der Waals surface area contributed by atoms with E-state index in [1.165, 1.54) is 12.1 Å². The monoisotopic (exact) mass is 479 g/mol. The molecule has 1 amide bonds. The zero-order valence-electron chi connectivity index (χ0n) is 19.6. The number of fused-ring (bicyclic) bond motifs is 5. The van der Waals surface area contributed by atoms with Crippen molar-refractivity contribution in [3.63, 3.8) is 0 Å². The van der Waals surface area contributed by atoms with Crippen LogP contribution in [-0.2, 0) is 5.54 Å². The maximum Gasteiger partial charge on any atom is 0.260 e. The van der Waals surface area contributed by atoms with Crippen LogP contribution < -0.4 is 10.9 Å². The summed E-state index contributed by atoms with van der Waals surface area (Å²) in [5, 5.41) is 8.75. The zero-order valence-corrected chi connectivity index (χ0v) is 19.6. The molecule has 0 aliphatic rings. The summed E-state index contributed by atoms with van der Waals surface area (Å²) in [6.45, 7) is 3.93. The van der Waals surface area contributed by atoms with E-state index in [1.54, 1.807) is 35.2 Å². The van der Waals surface area contributed by atoms with E-state index in [1.807, 2.05) is 60.9 Å². The van der Waals surface area contributed by atoms with Gasteiger partial charge < -0.3 is 14.9 Å². The molecule has 0 saturated carbocycles. The number of nitrogens with zero attached hydrogens (tertiary/aromatic N) is 3. The van der Waals surface area contributed by atoms with Crippen molar-refractivity contribution in [3.05, 3.63) is 113 Å². The van der Waals surface area contributed by atoms with E-state index in [0.717, 1.165) is 11.3 Å². The molecule has 36 heavy (non-hydrogen) atoms. The summed E-state index contributed by atoms with van der Waals surface area (Å²) >= 11 is 0. The molecule has 0 atom stereocenters. The molecule has 0 aliphatic heterocycles. The Balaban J connectivity index is 1.37. The lowest BCUT2D eigenvalue weighted by atomic mass is 9.94. The second-order valence-electron chi connectivity index (χ2n) is 9.33. The van der Waals surface area contributed by atoms with Gasteiger partial charge in [0.05, 0.1) is 27.5 Å². The topological polar surface area (TPSA) is 84.2 Å². The molecular weight excluding hydrogens is 457 g/mol. The van der Waals surface area contributed by atoms with Gasteiger partial charge in [-0.1, -0.05) is 30.3 Å². The van der Waals surface area contributed by atoms with Crippen LogP contribution in [0.1, 0.15) is 29.8 Å². The molecule has 6 rings (SSSR count). The van der Waals surface area contributed by atoms with E-state index in [4.69, 9.17) is 0 Å². The van der Waals surface area contributed by atoms with E-state index in [9.17, 15) is 14.0 Å². The minimum Gasteiger partial charge on any atom is -0.343 e. The van der Waals surface area contributed by atoms with Crippen LogP contribution in [-0.4, -0.2) is 25.1 Å². The Morgan fingerprint density at radius 2 is 1.83 bits per heavy atom. The van der Waals surface area contributed by atoms with Crippen LogP contribution in [0.3, 0.4) is 0 Å². The lowest BCUT2D eigenvalue weighted by Crippen LogP contribution is -2.40. The second kappa shape index (κ2) is 7.91. The largest absolute Gasteiger partial charge is 0.343 e. The van der Waals surface area contributed by atoms with Crippen LogP contribution in [0.4, 0.5) is 4.39 Å². The van der Waals surface area contributed by atoms with Gasteiger partial charge >= 0.3 is 0 Å². The number of H-pyrrole nitrogens is 1. The Morgan fingerprint density at radius 3 is 2.64 bits per heavy atom. The summed E-state index contributed by atoms with van der Waals surface area (Å²) in [6.07, 6.45) is 5.32. The number of rotatable bonds is 4. The van der Waals surface area contributed by atoms with E-state index in [2.05, 4.69) is 15.4 Å². The van der Waals surface area contributed by atoms with Gasteiger partial charge in [0.15, 0.2) is 0 Å². The maximum atomic E-state index is 13.7. The number of aromatic nitrogens is 4. The molecule has 2 N–H and O–H groups in total. The normalized spacial score (nSPS) is 12.0. The number of carbonyl (C=O) groups excluding carboxylic acids is 1. The summed E-state index contributed by atoms with van der Waals surface area (Å²) in [4.78, 5) is 28.6. The Labute approximate surface area is 204 Å². The summed E-state index contributed by atoms with van der Waals surface area (Å²) in [5.41, 5.74) is 2.93. The Hall–Kier alpha value is -4.72. The minimum absolute atomic E-state index is 0.186. The van der Waals surface area contributed by atoms with Crippen LogP contribution in [0.2, 0.25) is 0 Å². The van der Waals surface area contributed by atoms with Crippen molar-refractivity contribution >= 4 is 33.2 Å². The number of nitrogens with one attached hydrogen (secondary N) is 2. The van der Waals surface area contributed by atoms with E-state index >= 15 is 0 Å². The smallest absolute Gasteiger partial charge is 0.260 e. The predicted molar refractivity (Wildman–Crippen MR) is 137 cm³/mol. The molecular formula is C28H22FN5O2. The van der Waals surface area contributed by atoms with Crippen LogP contribution in [0, 0.1) is 5.82 Å². The number of hydrogen-bond acceptors (Lipinski definition) is 3. The lowest BCUT2D eigenvalue weighted by molar-refractivity contribution is 0.0912. The molecule has 8 heteroatoms. The average molecular weight is 480 g/mol. The first-order valence-electron chi connectivity index (χ1n) is 11.5. The number of amides is 1. The fraction of sp³-hybridized carbons (Fsp3) is 0.107. The molecule has 0 unspecified atom stereocenters. The summed E-state index contributed by atoms with van der Waals surface area (Å²) in [5.74, 6) is -0.614.